The van der Waals surface area contributed by atoms with Crippen LogP contribution in [-0.2, 0) is 6.54 Å². The van der Waals surface area contributed by atoms with Crippen molar-refractivity contribution in [3.8, 4) is 0 Å². The smallest absolute Gasteiger partial charge is 0.335 e. The lowest BCUT2D eigenvalue weighted by molar-refractivity contribution is 0.0697. The van der Waals surface area contributed by atoms with E-state index in [1.807, 2.05) is 36.4 Å². The maximum Gasteiger partial charge on any atom is 0.335 e. The Morgan fingerprint density at radius 3 is 2.56 bits per heavy atom. The van der Waals surface area contributed by atoms with Crippen molar-refractivity contribution in [3.05, 3.63) is 64.1 Å². The summed E-state index contributed by atoms with van der Waals surface area (Å²) in [6, 6.07) is 15.0. The SMILES string of the molecule is O=C(O)c1cc(Br)cc(NCc2ccccc2)c1. The number of carboxylic acids is 1. The molecule has 0 atom stereocenters. The van der Waals surface area contributed by atoms with Gasteiger partial charge in [0.1, 0.15) is 0 Å². The topological polar surface area (TPSA) is 49.3 Å². The molecule has 0 unspecified atom stereocenters. The zero-order valence-electron chi connectivity index (χ0n) is 9.56. The summed E-state index contributed by atoms with van der Waals surface area (Å²) >= 11 is 3.30. The van der Waals surface area contributed by atoms with Gasteiger partial charge in [0.25, 0.3) is 0 Å². The Labute approximate surface area is 114 Å². The Morgan fingerprint density at radius 2 is 1.89 bits per heavy atom. The summed E-state index contributed by atoms with van der Waals surface area (Å²) in [5, 5.41) is 12.2. The molecule has 0 spiro atoms. The van der Waals surface area contributed by atoms with Gasteiger partial charge in [-0.15, -0.1) is 0 Å². The van der Waals surface area contributed by atoms with Crippen molar-refractivity contribution >= 4 is 27.6 Å². The van der Waals surface area contributed by atoms with Crippen LogP contribution in [0.25, 0.3) is 0 Å². The Morgan fingerprint density at radius 1 is 1.17 bits per heavy atom. The molecular weight excluding hydrogens is 294 g/mol. The van der Waals surface area contributed by atoms with E-state index >= 15 is 0 Å². The second-order valence-corrected chi connectivity index (χ2v) is 4.79. The second-order valence-electron chi connectivity index (χ2n) is 3.87. The van der Waals surface area contributed by atoms with Crippen molar-refractivity contribution in [3.63, 3.8) is 0 Å². The summed E-state index contributed by atoms with van der Waals surface area (Å²) in [4.78, 5) is 10.9. The van der Waals surface area contributed by atoms with Crippen molar-refractivity contribution in [1.82, 2.24) is 0 Å². The minimum absolute atomic E-state index is 0.264. The zero-order valence-corrected chi connectivity index (χ0v) is 11.1. The number of rotatable bonds is 4. The number of carbonyl (C=O) groups is 1. The molecule has 3 nitrogen and oxygen atoms in total. The molecule has 18 heavy (non-hydrogen) atoms. The first-order valence-corrected chi connectivity index (χ1v) is 6.26. The van der Waals surface area contributed by atoms with Crippen LogP contribution < -0.4 is 5.32 Å². The molecule has 0 aromatic heterocycles. The van der Waals surface area contributed by atoms with E-state index in [1.165, 1.54) is 0 Å². The first-order chi connectivity index (χ1) is 8.65. The number of nitrogens with one attached hydrogen (secondary N) is 1. The molecule has 0 aliphatic rings. The molecular formula is C14H12BrNO2. The summed E-state index contributed by atoms with van der Waals surface area (Å²) in [7, 11) is 0. The number of halogens is 1. The van der Waals surface area contributed by atoms with Gasteiger partial charge in [-0.1, -0.05) is 46.3 Å². The first-order valence-electron chi connectivity index (χ1n) is 5.47. The third kappa shape index (κ3) is 3.34. The normalized spacial score (nSPS) is 10.1. The third-order valence-corrected chi connectivity index (χ3v) is 2.94. The van der Waals surface area contributed by atoms with Gasteiger partial charge in [-0.3, -0.25) is 0 Å². The van der Waals surface area contributed by atoms with E-state index in [4.69, 9.17) is 5.11 Å². The van der Waals surface area contributed by atoms with Gasteiger partial charge in [0.15, 0.2) is 0 Å². The molecule has 2 aromatic carbocycles. The minimum atomic E-state index is -0.931. The van der Waals surface area contributed by atoms with Gasteiger partial charge in [-0.25, -0.2) is 4.79 Å². The summed E-state index contributed by atoms with van der Waals surface area (Å²) in [6.45, 7) is 0.663. The van der Waals surface area contributed by atoms with E-state index in [0.29, 0.717) is 6.54 Å². The molecule has 2 aromatic rings. The zero-order chi connectivity index (χ0) is 13.0. The summed E-state index contributed by atoms with van der Waals surface area (Å²) in [5.74, 6) is -0.931. The number of hydrogen-bond acceptors (Lipinski definition) is 2. The van der Waals surface area contributed by atoms with Crippen LogP contribution >= 0.6 is 15.9 Å². The lowest BCUT2D eigenvalue weighted by atomic mass is 10.2. The number of carboxylic acid groups (broad SMARTS) is 1. The van der Waals surface area contributed by atoms with Crippen LogP contribution in [-0.4, -0.2) is 11.1 Å². The lowest BCUT2D eigenvalue weighted by Crippen LogP contribution is -2.02. The van der Waals surface area contributed by atoms with Gasteiger partial charge in [0.2, 0.25) is 0 Å². The number of anilines is 1. The first kappa shape index (κ1) is 12.6. The average molecular weight is 306 g/mol. The molecule has 0 bridgehead atoms. The largest absolute Gasteiger partial charge is 0.478 e. The predicted octanol–water partition coefficient (Wildman–Crippen LogP) is 3.76. The molecule has 92 valence electrons. The van der Waals surface area contributed by atoms with Gasteiger partial charge in [-0.2, -0.15) is 0 Å². The van der Waals surface area contributed by atoms with Crippen LogP contribution in [0.3, 0.4) is 0 Å². The molecule has 0 heterocycles. The monoisotopic (exact) mass is 305 g/mol. The highest BCUT2D eigenvalue weighted by Crippen LogP contribution is 2.20. The molecule has 0 saturated carbocycles. The van der Waals surface area contributed by atoms with Crippen LogP contribution in [0.2, 0.25) is 0 Å². The number of aromatic carboxylic acids is 1. The number of benzene rings is 2. The number of hydrogen-bond donors (Lipinski definition) is 2. The van der Waals surface area contributed by atoms with Crippen molar-refractivity contribution in [2.24, 2.45) is 0 Å². The van der Waals surface area contributed by atoms with Crippen LogP contribution in [0.15, 0.2) is 53.0 Å². The second kappa shape index (κ2) is 5.69. The van der Waals surface area contributed by atoms with Crippen LogP contribution in [0, 0.1) is 0 Å². The van der Waals surface area contributed by atoms with Gasteiger partial charge in [-0.05, 0) is 23.8 Å². The van der Waals surface area contributed by atoms with Gasteiger partial charge in [0.05, 0.1) is 5.56 Å². The fraction of sp³-hybridized carbons (Fsp3) is 0.0714. The lowest BCUT2D eigenvalue weighted by Gasteiger charge is -2.08. The van der Waals surface area contributed by atoms with Crippen molar-refractivity contribution in [2.75, 3.05) is 5.32 Å². The Kier molecular flexibility index (Phi) is 3.99. The molecule has 0 fully saturated rings. The molecule has 2 N–H and O–H groups in total. The molecule has 0 amide bonds. The molecule has 0 aliphatic heterocycles. The van der Waals surface area contributed by atoms with Gasteiger partial charge in [0, 0.05) is 16.7 Å². The van der Waals surface area contributed by atoms with E-state index in [2.05, 4.69) is 21.2 Å². The van der Waals surface area contributed by atoms with E-state index < -0.39 is 5.97 Å². The maximum atomic E-state index is 10.9. The molecule has 0 saturated heterocycles. The van der Waals surface area contributed by atoms with Crippen LogP contribution in [0.4, 0.5) is 5.69 Å². The Hall–Kier alpha value is -1.81. The highest BCUT2D eigenvalue weighted by Gasteiger charge is 2.05. The van der Waals surface area contributed by atoms with Crippen LogP contribution in [0.1, 0.15) is 15.9 Å². The van der Waals surface area contributed by atoms with Crippen molar-refractivity contribution in [1.29, 1.82) is 0 Å². The van der Waals surface area contributed by atoms with E-state index in [1.54, 1.807) is 12.1 Å². The van der Waals surface area contributed by atoms with Crippen molar-refractivity contribution < 1.29 is 9.90 Å². The summed E-state index contributed by atoms with van der Waals surface area (Å²) in [5.41, 5.74) is 2.19. The third-order valence-electron chi connectivity index (χ3n) is 2.48. The highest BCUT2D eigenvalue weighted by atomic mass is 79.9. The Balaban J connectivity index is 2.12. The fourth-order valence-corrected chi connectivity index (χ4v) is 2.11. The van der Waals surface area contributed by atoms with Gasteiger partial charge < -0.3 is 10.4 Å². The predicted molar refractivity (Wildman–Crippen MR) is 74.9 cm³/mol. The molecule has 2 rings (SSSR count). The van der Waals surface area contributed by atoms with E-state index in [-0.39, 0.29) is 5.56 Å². The molecule has 0 aliphatic carbocycles. The summed E-state index contributed by atoms with van der Waals surface area (Å²) in [6.07, 6.45) is 0. The summed E-state index contributed by atoms with van der Waals surface area (Å²) < 4.78 is 0.748. The standard InChI is InChI=1S/C14H12BrNO2/c15-12-6-11(14(17)18)7-13(8-12)16-9-10-4-2-1-3-5-10/h1-8,16H,9H2,(H,17,18). The van der Waals surface area contributed by atoms with E-state index in [0.717, 1.165) is 15.7 Å². The fourth-order valence-electron chi connectivity index (χ4n) is 1.62. The highest BCUT2D eigenvalue weighted by molar-refractivity contribution is 9.10. The Bertz CT molecular complexity index is 555. The molecule has 0 radical (unpaired) electrons. The molecule has 4 heteroatoms. The van der Waals surface area contributed by atoms with Crippen LogP contribution in [0.5, 0.6) is 0 Å². The minimum Gasteiger partial charge on any atom is -0.478 e. The average Bonchev–Trinajstić information content (AvgIpc) is 2.37. The maximum absolute atomic E-state index is 10.9. The van der Waals surface area contributed by atoms with E-state index in [9.17, 15) is 4.79 Å². The van der Waals surface area contributed by atoms with Gasteiger partial charge >= 0.3 is 5.97 Å². The quantitative estimate of drug-likeness (QED) is 0.904. The van der Waals surface area contributed by atoms with Crippen molar-refractivity contribution in [2.45, 2.75) is 6.54 Å².